The van der Waals surface area contributed by atoms with Crippen LogP contribution >= 0.6 is 0 Å². The molecule has 0 radical (unpaired) electrons. The SMILES string of the molecule is Cc1cccc(C(CCN(C(C)C)C(C)C)(c2ccccn2)c2nn[nH]n2)c1. The van der Waals surface area contributed by atoms with Crippen LogP contribution in [0.3, 0.4) is 0 Å². The maximum Gasteiger partial charge on any atom is 0.191 e. The van der Waals surface area contributed by atoms with E-state index in [4.69, 9.17) is 4.98 Å². The number of aromatic nitrogens is 5. The quantitative estimate of drug-likeness (QED) is 0.646. The number of aromatic amines is 1. The van der Waals surface area contributed by atoms with E-state index in [1.165, 1.54) is 5.56 Å². The van der Waals surface area contributed by atoms with E-state index < -0.39 is 5.41 Å². The molecule has 0 aliphatic heterocycles. The normalized spacial score (nSPS) is 14.0. The van der Waals surface area contributed by atoms with Gasteiger partial charge < -0.3 is 0 Å². The van der Waals surface area contributed by atoms with Gasteiger partial charge in [-0.05, 0) is 58.7 Å². The molecule has 1 atom stereocenters. The summed E-state index contributed by atoms with van der Waals surface area (Å²) in [6.45, 7) is 12.0. The van der Waals surface area contributed by atoms with Crippen molar-refractivity contribution in [1.29, 1.82) is 0 Å². The molecule has 1 N–H and O–H groups in total. The first-order chi connectivity index (χ1) is 13.4. The lowest BCUT2D eigenvalue weighted by atomic mass is 9.73. The number of pyridine rings is 1. The van der Waals surface area contributed by atoms with E-state index in [9.17, 15) is 0 Å². The molecule has 0 amide bonds. The number of nitrogens with one attached hydrogen (secondary N) is 1. The molecule has 3 aromatic rings. The Labute approximate surface area is 167 Å². The number of H-pyrrole nitrogens is 1. The molecule has 0 aliphatic carbocycles. The average Bonchev–Trinajstić information content (AvgIpc) is 3.20. The number of hydrogen-bond acceptors (Lipinski definition) is 5. The number of aryl methyl sites for hydroxylation is 1. The predicted molar refractivity (Wildman–Crippen MR) is 111 cm³/mol. The number of rotatable bonds is 8. The zero-order valence-electron chi connectivity index (χ0n) is 17.4. The number of tetrazole rings is 1. The summed E-state index contributed by atoms with van der Waals surface area (Å²) in [5, 5.41) is 15.4. The number of benzene rings is 1. The molecule has 1 unspecified atom stereocenters. The van der Waals surface area contributed by atoms with E-state index in [0.717, 1.165) is 24.2 Å². The summed E-state index contributed by atoms with van der Waals surface area (Å²) in [7, 11) is 0. The topological polar surface area (TPSA) is 70.6 Å². The third-order valence-electron chi connectivity index (χ3n) is 5.41. The third kappa shape index (κ3) is 3.97. The second-order valence-corrected chi connectivity index (χ2v) is 7.90. The minimum absolute atomic E-state index is 0.448. The van der Waals surface area contributed by atoms with E-state index in [2.05, 4.69) is 90.5 Å². The highest BCUT2D eigenvalue weighted by Crippen LogP contribution is 2.39. The van der Waals surface area contributed by atoms with Crippen molar-refractivity contribution < 1.29 is 0 Å². The molecule has 2 aromatic heterocycles. The lowest BCUT2D eigenvalue weighted by Gasteiger charge is -2.36. The zero-order chi connectivity index (χ0) is 20.1. The van der Waals surface area contributed by atoms with E-state index in [0.29, 0.717) is 17.9 Å². The van der Waals surface area contributed by atoms with Crippen LogP contribution in [0.15, 0.2) is 48.7 Å². The number of nitrogens with zero attached hydrogens (tertiary/aromatic N) is 5. The van der Waals surface area contributed by atoms with Gasteiger partial charge >= 0.3 is 0 Å². The van der Waals surface area contributed by atoms with Gasteiger partial charge in [0.05, 0.1) is 5.69 Å². The summed E-state index contributed by atoms with van der Waals surface area (Å²) in [5.74, 6) is 0.657. The van der Waals surface area contributed by atoms with Gasteiger partial charge in [0.1, 0.15) is 5.41 Å². The van der Waals surface area contributed by atoms with Crippen LogP contribution in [0, 0.1) is 6.92 Å². The Morgan fingerprint density at radius 1 is 1.04 bits per heavy atom. The molecule has 0 fully saturated rings. The molecule has 0 spiro atoms. The summed E-state index contributed by atoms with van der Waals surface area (Å²) in [6, 6.07) is 15.5. The lowest BCUT2D eigenvalue weighted by Crippen LogP contribution is -2.42. The molecular weight excluding hydrogens is 348 g/mol. The molecule has 28 heavy (non-hydrogen) atoms. The summed E-state index contributed by atoms with van der Waals surface area (Å²) in [4.78, 5) is 7.23. The van der Waals surface area contributed by atoms with Crippen LogP contribution in [0.5, 0.6) is 0 Å². The lowest BCUT2D eigenvalue weighted by molar-refractivity contribution is 0.163. The molecule has 0 bridgehead atoms. The highest BCUT2D eigenvalue weighted by molar-refractivity contribution is 5.44. The van der Waals surface area contributed by atoms with Crippen LogP contribution in [0.4, 0.5) is 0 Å². The fourth-order valence-electron chi connectivity index (χ4n) is 4.05. The van der Waals surface area contributed by atoms with Crippen LogP contribution in [0.2, 0.25) is 0 Å². The van der Waals surface area contributed by atoms with Gasteiger partial charge in [-0.3, -0.25) is 9.88 Å². The van der Waals surface area contributed by atoms with Crippen LogP contribution in [0.25, 0.3) is 0 Å². The maximum absolute atomic E-state index is 4.74. The standard InChI is InChI=1S/C22H30N6/c1-16(2)28(17(3)4)14-12-22(21-24-26-27-25-21,20-11-6-7-13-23-20)19-10-8-9-18(5)15-19/h6-11,13,15-17H,12,14H2,1-5H3,(H,24,25,26,27). The van der Waals surface area contributed by atoms with Gasteiger partial charge in [0.25, 0.3) is 0 Å². The minimum atomic E-state index is -0.567. The Morgan fingerprint density at radius 3 is 2.39 bits per heavy atom. The number of hydrogen-bond donors (Lipinski definition) is 1. The summed E-state index contributed by atoms with van der Waals surface area (Å²) in [5.41, 5.74) is 2.71. The molecule has 0 aliphatic rings. The maximum atomic E-state index is 4.74. The predicted octanol–water partition coefficient (Wildman–Crippen LogP) is 3.75. The van der Waals surface area contributed by atoms with Crippen LogP contribution in [-0.2, 0) is 5.41 Å². The Hall–Kier alpha value is -2.60. The summed E-state index contributed by atoms with van der Waals surface area (Å²) >= 11 is 0. The van der Waals surface area contributed by atoms with Crippen molar-refractivity contribution in [2.45, 2.75) is 58.5 Å². The van der Waals surface area contributed by atoms with Crippen molar-refractivity contribution in [3.63, 3.8) is 0 Å². The molecule has 2 heterocycles. The third-order valence-corrected chi connectivity index (χ3v) is 5.41. The van der Waals surface area contributed by atoms with Crippen molar-refractivity contribution in [3.05, 3.63) is 71.3 Å². The van der Waals surface area contributed by atoms with Gasteiger partial charge in [0.2, 0.25) is 0 Å². The van der Waals surface area contributed by atoms with E-state index in [1.807, 2.05) is 18.3 Å². The molecule has 0 saturated heterocycles. The molecule has 6 heteroatoms. The van der Waals surface area contributed by atoms with Crippen molar-refractivity contribution in [2.75, 3.05) is 6.54 Å². The second-order valence-electron chi connectivity index (χ2n) is 7.90. The Morgan fingerprint density at radius 2 is 1.82 bits per heavy atom. The van der Waals surface area contributed by atoms with E-state index >= 15 is 0 Å². The fraction of sp³-hybridized carbons (Fsp3) is 0.455. The van der Waals surface area contributed by atoms with Gasteiger partial charge in [0, 0.05) is 24.8 Å². The monoisotopic (exact) mass is 378 g/mol. The van der Waals surface area contributed by atoms with Crippen molar-refractivity contribution in [1.82, 2.24) is 30.5 Å². The largest absolute Gasteiger partial charge is 0.298 e. The van der Waals surface area contributed by atoms with E-state index in [1.54, 1.807) is 0 Å². The van der Waals surface area contributed by atoms with Gasteiger partial charge in [-0.1, -0.05) is 41.1 Å². The van der Waals surface area contributed by atoms with Gasteiger partial charge in [0.15, 0.2) is 5.82 Å². The molecule has 0 saturated carbocycles. The van der Waals surface area contributed by atoms with Crippen LogP contribution in [0.1, 0.15) is 56.8 Å². The minimum Gasteiger partial charge on any atom is -0.298 e. The summed E-state index contributed by atoms with van der Waals surface area (Å²) in [6.07, 6.45) is 2.64. The first-order valence-electron chi connectivity index (χ1n) is 9.93. The first-order valence-corrected chi connectivity index (χ1v) is 9.93. The highest BCUT2D eigenvalue weighted by atomic mass is 15.5. The van der Waals surface area contributed by atoms with Crippen molar-refractivity contribution in [3.8, 4) is 0 Å². The van der Waals surface area contributed by atoms with Gasteiger partial charge in [-0.25, -0.2) is 0 Å². The molecule has 1 aromatic carbocycles. The Kier molecular flexibility index (Phi) is 6.19. The van der Waals surface area contributed by atoms with Crippen LogP contribution < -0.4 is 0 Å². The smallest absolute Gasteiger partial charge is 0.191 e. The summed E-state index contributed by atoms with van der Waals surface area (Å²) < 4.78 is 0. The van der Waals surface area contributed by atoms with E-state index in [-0.39, 0.29) is 0 Å². The highest BCUT2D eigenvalue weighted by Gasteiger charge is 2.42. The van der Waals surface area contributed by atoms with Crippen molar-refractivity contribution >= 4 is 0 Å². The van der Waals surface area contributed by atoms with Gasteiger partial charge in [-0.15, -0.1) is 10.2 Å². The van der Waals surface area contributed by atoms with Gasteiger partial charge in [-0.2, -0.15) is 5.21 Å². The fourth-order valence-corrected chi connectivity index (χ4v) is 4.05. The Bertz CT molecular complexity index is 852. The average molecular weight is 379 g/mol. The molecule has 3 rings (SSSR count). The first kappa shape index (κ1) is 20.1. The zero-order valence-corrected chi connectivity index (χ0v) is 17.4. The second kappa shape index (κ2) is 8.61. The molecular formula is C22H30N6. The Balaban J connectivity index is 2.16. The van der Waals surface area contributed by atoms with Crippen LogP contribution in [-0.4, -0.2) is 49.1 Å². The van der Waals surface area contributed by atoms with Crippen molar-refractivity contribution in [2.24, 2.45) is 0 Å². The molecule has 6 nitrogen and oxygen atoms in total. The molecule has 148 valence electrons.